The first-order valence-corrected chi connectivity index (χ1v) is 5.82. The molecule has 0 spiro atoms. The topological polar surface area (TPSA) is 55.4 Å². The summed E-state index contributed by atoms with van der Waals surface area (Å²) < 4.78 is 4.66. The lowest BCUT2D eigenvalue weighted by Gasteiger charge is -2.06. The molecular weight excluding hydrogens is 254 g/mol. The summed E-state index contributed by atoms with van der Waals surface area (Å²) >= 11 is 5.83. The van der Waals surface area contributed by atoms with Crippen LogP contribution in [-0.2, 0) is 14.3 Å². The molecule has 0 fully saturated rings. The van der Waals surface area contributed by atoms with Crippen LogP contribution in [0, 0.1) is 6.92 Å². The predicted molar refractivity (Wildman–Crippen MR) is 70.6 cm³/mol. The van der Waals surface area contributed by atoms with Gasteiger partial charge in [-0.05, 0) is 31.5 Å². The third-order valence-corrected chi connectivity index (χ3v) is 2.35. The number of aryl methyl sites for hydroxylation is 1. The maximum Gasteiger partial charge on any atom is 0.330 e. The fraction of sp³-hybridized carbons (Fsp3) is 0.231. The van der Waals surface area contributed by atoms with Gasteiger partial charge in [0.05, 0.1) is 6.61 Å². The standard InChI is InChI=1S/C13H14ClNO3/c1-3-18-13(17)7-6-12(16)15-11-8-10(14)5-4-9(11)2/h4-8H,3H2,1-2H3,(H,15,16)/b7-6+. The summed E-state index contributed by atoms with van der Waals surface area (Å²) in [7, 11) is 0. The van der Waals surface area contributed by atoms with Gasteiger partial charge in [-0.1, -0.05) is 17.7 Å². The first-order chi connectivity index (χ1) is 8.52. The Labute approximate surface area is 111 Å². The lowest BCUT2D eigenvalue weighted by molar-refractivity contribution is -0.137. The summed E-state index contributed by atoms with van der Waals surface area (Å²) in [6.07, 6.45) is 2.21. The minimum Gasteiger partial charge on any atom is -0.463 e. The second-order valence-corrected chi connectivity index (χ2v) is 3.97. The molecule has 1 aromatic carbocycles. The Morgan fingerprint density at radius 1 is 1.39 bits per heavy atom. The molecule has 4 nitrogen and oxygen atoms in total. The Balaban J connectivity index is 2.65. The zero-order chi connectivity index (χ0) is 13.5. The van der Waals surface area contributed by atoms with Gasteiger partial charge in [-0.15, -0.1) is 0 Å². The number of ether oxygens (including phenoxy) is 1. The van der Waals surface area contributed by atoms with Crippen LogP contribution < -0.4 is 5.32 Å². The quantitative estimate of drug-likeness (QED) is 0.674. The van der Waals surface area contributed by atoms with Gasteiger partial charge >= 0.3 is 5.97 Å². The number of hydrogen-bond acceptors (Lipinski definition) is 3. The minimum atomic E-state index is -0.546. The average molecular weight is 268 g/mol. The summed E-state index contributed by atoms with van der Waals surface area (Å²) in [4.78, 5) is 22.5. The number of anilines is 1. The molecule has 0 heterocycles. The number of amides is 1. The molecule has 18 heavy (non-hydrogen) atoms. The molecule has 96 valence electrons. The first-order valence-electron chi connectivity index (χ1n) is 5.45. The minimum absolute atomic E-state index is 0.276. The molecule has 0 aromatic heterocycles. The molecule has 1 amide bonds. The fourth-order valence-electron chi connectivity index (χ4n) is 1.24. The normalized spacial score (nSPS) is 10.4. The summed E-state index contributed by atoms with van der Waals surface area (Å²) in [5.41, 5.74) is 1.50. The molecule has 1 rings (SSSR count). The van der Waals surface area contributed by atoms with Gasteiger partial charge in [-0.2, -0.15) is 0 Å². The van der Waals surface area contributed by atoms with Crippen molar-refractivity contribution < 1.29 is 14.3 Å². The Hall–Kier alpha value is -1.81. The number of nitrogens with one attached hydrogen (secondary N) is 1. The van der Waals surface area contributed by atoms with E-state index in [1.807, 2.05) is 6.92 Å². The maximum atomic E-state index is 11.5. The second kappa shape index (κ2) is 6.81. The molecule has 0 radical (unpaired) electrons. The van der Waals surface area contributed by atoms with E-state index in [4.69, 9.17) is 11.6 Å². The van der Waals surface area contributed by atoms with E-state index in [9.17, 15) is 9.59 Å². The van der Waals surface area contributed by atoms with Gasteiger partial charge in [0.15, 0.2) is 0 Å². The predicted octanol–water partition coefficient (Wildman–Crippen LogP) is 2.71. The highest BCUT2D eigenvalue weighted by Gasteiger charge is 2.03. The van der Waals surface area contributed by atoms with Crippen molar-refractivity contribution in [3.8, 4) is 0 Å². The third-order valence-electron chi connectivity index (χ3n) is 2.11. The molecule has 0 saturated carbocycles. The molecular formula is C13H14ClNO3. The number of hydrogen-bond donors (Lipinski definition) is 1. The monoisotopic (exact) mass is 267 g/mol. The molecule has 0 atom stereocenters. The molecule has 0 bridgehead atoms. The number of carbonyl (C=O) groups excluding carboxylic acids is 2. The van der Waals surface area contributed by atoms with Crippen molar-refractivity contribution in [2.45, 2.75) is 13.8 Å². The van der Waals surface area contributed by atoms with Crippen molar-refractivity contribution in [3.05, 3.63) is 40.9 Å². The highest BCUT2D eigenvalue weighted by Crippen LogP contribution is 2.19. The Morgan fingerprint density at radius 3 is 2.78 bits per heavy atom. The van der Waals surface area contributed by atoms with E-state index in [-0.39, 0.29) is 6.61 Å². The van der Waals surface area contributed by atoms with E-state index in [0.717, 1.165) is 17.7 Å². The summed E-state index contributed by atoms with van der Waals surface area (Å²) in [6.45, 7) is 3.82. The smallest absolute Gasteiger partial charge is 0.330 e. The fourth-order valence-corrected chi connectivity index (χ4v) is 1.41. The number of rotatable bonds is 4. The van der Waals surface area contributed by atoms with Gasteiger partial charge in [-0.3, -0.25) is 4.79 Å². The lowest BCUT2D eigenvalue weighted by atomic mass is 10.2. The van der Waals surface area contributed by atoms with Crippen LogP contribution in [0.2, 0.25) is 5.02 Å². The summed E-state index contributed by atoms with van der Waals surface area (Å²) in [6, 6.07) is 5.18. The zero-order valence-corrected chi connectivity index (χ0v) is 11.0. The van der Waals surface area contributed by atoms with Crippen molar-refractivity contribution in [2.75, 3.05) is 11.9 Å². The van der Waals surface area contributed by atoms with Crippen LogP contribution in [0.15, 0.2) is 30.4 Å². The van der Waals surface area contributed by atoms with Crippen LogP contribution in [0.5, 0.6) is 0 Å². The highest BCUT2D eigenvalue weighted by molar-refractivity contribution is 6.31. The van der Waals surface area contributed by atoms with Crippen LogP contribution in [0.4, 0.5) is 5.69 Å². The molecule has 0 saturated heterocycles. The Bertz CT molecular complexity index is 483. The van der Waals surface area contributed by atoms with E-state index in [1.165, 1.54) is 0 Å². The van der Waals surface area contributed by atoms with E-state index in [2.05, 4.69) is 10.1 Å². The molecule has 0 aliphatic carbocycles. The molecule has 1 aromatic rings. The van der Waals surface area contributed by atoms with Crippen molar-refractivity contribution in [2.24, 2.45) is 0 Å². The van der Waals surface area contributed by atoms with Crippen molar-refractivity contribution in [3.63, 3.8) is 0 Å². The average Bonchev–Trinajstić information content (AvgIpc) is 2.32. The lowest BCUT2D eigenvalue weighted by Crippen LogP contribution is -2.10. The molecule has 0 aliphatic rings. The number of benzene rings is 1. The second-order valence-electron chi connectivity index (χ2n) is 3.53. The number of esters is 1. The summed E-state index contributed by atoms with van der Waals surface area (Å²) in [5.74, 6) is -0.955. The van der Waals surface area contributed by atoms with Crippen molar-refractivity contribution >= 4 is 29.2 Å². The Kier molecular flexibility index (Phi) is 5.39. The Morgan fingerprint density at radius 2 is 2.11 bits per heavy atom. The van der Waals surface area contributed by atoms with Crippen LogP contribution >= 0.6 is 11.6 Å². The van der Waals surface area contributed by atoms with Gasteiger partial charge in [0.2, 0.25) is 5.91 Å². The SMILES string of the molecule is CCOC(=O)/C=C/C(=O)Nc1cc(Cl)ccc1C. The van der Waals surface area contributed by atoms with Gasteiger partial charge < -0.3 is 10.1 Å². The highest BCUT2D eigenvalue weighted by atomic mass is 35.5. The summed E-state index contributed by atoms with van der Waals surface area (Å²) in [5, 5.41) is 3.16. The first kappa shape index (κ1) is 14.3. The van der Waals surface area contributed by atoms with Gasteiger partial charge in [0, 0.05) is 22.9 Å². The van der Waals surface area contributed by atoms with Crippen LogP contribution in [0.1, 0.15) is 12.5 Å². The van der Waals surface area contributed by atoms with E-state index >= 15 is 0 Å². The largest absolute Gasteiger partial charge is 0.463 e. The van der Waals surface area contributed by atoms with Crippen LogP contribution in [0.25, 0.3) is 0 Å². The van der Waals surface area contributed by atoms with Crippen molar-refractivity contribution in [1.82, 2.24) is 0 Å². The van der Waals surface area contributed by atoms with Gasteiger partial charge in [0.25, 0.3) is 0 Å². The maximum absolute atomic E-state index is 11.5. The van der Waals surface area contributed by atoms with Gasteiger partial charge in [-0.25, -0.2) is 4.79 Å². The van der Waals surface area contributed by atoms with E-state index in [1.54, 1.807) is 25.1 Å². The molecule has 0 aliphatic heterocycles. The van der Waals surface area contributed by atoms with E-state index < -0.39 is 11.9 Å². The number of carbonyl (C=O) groups is 2. The molecule has 1 N–H and O–H groups in total. The van der Waals surface area contributed by atoms with Crippen LogP contribution in [-0.4, -0.2) is 18.5 Å². The zero-order valence-electron chi connectivity index (χ0n) is 10.2. The number of halogens is 1. The molecule has 0 unspecified atom stereocenters. The van der Waals surface area contributed by atoms with Crippen molar-refractivity contribution in [1.29, 1.82) is 0 Å². The third kappa shape index (κ3) is 4.59. The molecule has 5 heteroatoms. The van der Waals surface area contributed by atoms with Crippen LogP contribution in [0.3, 0.4) is 0 Å². The van der Waals surface area contributed by atoms with Gasteiger partial charge in [0.1, 0.15) is 0 Å². The van der Waals surface area contributed by atoms with E-state index in [0.29, 0.717) is 10.7 Å².